The van der Waals surface area contributed by atoms with Crippen molar-refractivity contribution in [1.82, 2.24) is 30.1 Å². The molecule has 2 aromatic heterocycles. The number of hydrogen-bond donors (Lipinski definition) is 1. The van der Waals surface area contributed by atoms with E-state index in [2.05, 4.69) is 56.3 Å². The van der Waals surface area contributed by atoms with Crippen molar-refractivity contribution in [2.45, 2.75) is 33.4 Å². The van der Waals surface area contributed by atoms with Crippen LogP contribution in [0.15, 0.2) is 41.2 Å². The average Bonchev–Trinajstić information content (AvgIpc) is 3.36. The summed E-state index contributed by atoms with van der Waals surface area (Å²) in [5.41, 5.74) is 5.86. The van der Waals surface area contributed by atoms with E-state index in [1.807, 2.05) is 31.2 Å². The van der Waals surface area contributed by atoms with Crippen molar-refractivity contribution in [3.63, 3.8) is 0 Å². The molecule has 2 aromatic carbocycles. The number of aromatic amines is 1. The van der Waals surface area contributed by atoms with Gasteiger partial charge in [0.25, 0.3) is 5.56 Å². The first kappa shape index (κ1) is 25.4. The van der Waals surface area contributed by atoms with Gasteiger partial charge in [0.1, 0.15) is 6.04 Å². The Balaban J connectivity index is 1.55. The highest BCUT2D eigenvalue weighted by Crippen LogP contribution is 2.31. The second kappa shape index (κ2) is 10.6. The number of ether oxygens (including phenoxy) is 1. The molecule has 5 rings (SSSR count). The maximum absolute atomic E-state index is 13.6. The van der Waals surface area contributed by atoms with E-state index in [1.54, 1.807) is 11.8 Å². The maximum atomic E-state index is 13.6. The predicted octanol–water partition coefficient (Wildman–Crippen LogP) is 3.65. The third-order valence-electron chi connectivity index (χ3n) is 7.27. The molecule has 1 saturated heterocycles. The second-order valence-corrected chi connectivity index (χ2v) is 10.1. The van der Waals surface area contributed by atoms with Crippen LogP contribution in [0.5, 0.6) is 0 Å². The summed E-state index contributed by atoms with van der Waals surface area (Å²) in [6.45, 7) is 10.2. The minimum atomic E-state index is -0.400. The van der Waals surface area contributed by atoms with E-state index in [1.165, 1.54) is 5.56 Å². The number of hydrogen-bond acceptors (Lipinski definition) is 7. The number of nitrogens with one attached hydrogen (secondary N) is 1. The number of tetrazole rings is 1. The molecule has 0 amide bonds. The number of methoxy groups -OCH3 is 1. The van der Waals surface area contributed by atoms with Crippen molar-refractivity contribution in [1.29, 1.82) is 0 Å². The predicted molar refractivity (Wildman–Crippen MR) is 146 cm³/mol. The standard InChI is InChI=1S/C27H32ClN7O2/c1-17-5-6-19(3)24-21(17)16-22(27(36)29-24)25(26-30-31-32-35(26)13-14-37-4)34-11-9-33(10-12-34)23-15-20(28)8-7-18(23)2/h5-8,15-16,25H,9-14H2,1-4H3,(H,29,36)/t25-/m1/s1. The molecule has 4 aromatic rings. The van der Waals surface area contributed by atoms with Crippen LogP contribution in [0.4, 0.5) is 5.69 Å². The second-order valence-electron chi connectivity index (χ2n) is 9.65. The summed E-state index contributed by atoms with van der Waals surface area (Å²) in [4.78, 5) is 21.4. The number of fused-ring (bicyclic) bond motifs is 1. The summed E-state index contributed by atoms with van der Waals surface area (Å²) < 4.78 is 7.02. The van der Waals surface area contributed by atoms with E-state index >= 15 is 0 Å². The number of nitrogens with zero attached hydrogens (tertiary/aromatic N) is 6. The van der Waals surface area contributed by atoms with Gasteiger partial charge in [0.15, 0.2) is 5.82 Å². The average molecular weight is 522 g/mol. The molecule has 0 bridgehead atoms. The number of halogens is 1. The normalized spacial score (nSPS) is 15.4. The summed E-state index contributed by atoms with van der Waals surface area (Å²) >= 11 is 6.30. The van der Waals surface area contributed by atoms with Crippen molar-refractivity contribution < 1.29 is 4.74 Å². The summed E-state index contributed by atoms with van der Waals surface area (Å²) in [7, 11) is 1.65. The third kappa shape index (κ3) is 4.99. The van der Waals surface area contributed by atoms with E-state index in [0.29, 0.717) is 24.5 Å². The zero-order valence-corrected chi connectivity index (χ0v) is 22.4. The van der Waals surface area contributed by atoms with Crippen molar-refractivity contribution in [2.24, 2.45) is 0 Å². The molecule has 0 unspecified atom stereocenters. The zero-order chi connectivity index (χ0) is 26.1. The lowest BCUT2D eigenvalue weighted by molar-refractivity contribution is 0.171. The number of anilines is 1. The van der Waals surface area contributed by atoms with Crippen LogP contribution in [-0.4, -0.2) is 70.0 Å². The van der Waals surface area contributed by atoms with Crippen LogP contribution in [-0.2, 0) is 11.3 Å². The number of benzene rings is 2. The molecule has 0 saturated carbocycles. The zero-order valence-electron chi connectivity index (χ0n) is 21.7. The van der Waals surface area contributed by atoms with Crippen molar-refractivity contribution in [3.05, 3.63) is 79.9 Å². The first-order valence-electron chi connectivity index (χ1n) is 12.5. The molecule has 9 nitrogen and oxygen atoms in total. The third-order valence-corrected chi connectivity index (χ3v) is 7.50. The number of rotatable bonds is 7. The molecular formula is C27H32ClN7O2. The molecule has 3 heterocycles. The first-order valence-corrected chi connectivity index (χ1v) is 12.9. The number of aromatic nitrogens is 5. The fourth-order valence-electron chi connectivity index (χ4n) is 5.18. The SMILES string of the molecule is COCCn1nnnc1[C@@H](c1cc2c(C)ccc(C)c2[nH]c1=O)N1CCN(c2cc(Cl)ccc2C)CC1. The minimum Gasteiger partial charge on any atom is -0.383 e. The molecule has 0 radical (unpaired) electrons. The van der Waals surface area contributed by atoms with Gasteiger partial charge in [-0.25, -0.2) is 4.68 Å². The first-order chi connectivity index (χ1) is 17.9. The molecule has 37 heavy (non-hydrogen) atoms. The Morgan fingerprint density at radius 2 is 1.76 bits per heavy atom. The number of piperazine rings is 1. The Morgan fingerprint density at radius 3 is 2.51 bits per heavy atom. The largest absolute Gasteiger partial charge is 0.383 e. The van der Waals surface area contributed by atoms with Gasteiger partial charge < -0.3 is 14.6 Å². The Bertz CT molecular complexity index is 1470. The number of H-pyrrole nitrogens is 1. The van der Waals surface area contributed by atoms with E-state index in [4.69, 9.17) is 16.3 Å². The minimum absolute atomic E-state index is 0.124. The van der Waals surface area contributed by atoms with E-state index in [-0.39, 0.29) is 5.56 Å². The van der Waals surface area contributed by atoms with Gasteiger partial charge in [-0.2, -0.15) is 0 Å². The van der Waals surface area contributed by atoms with Gasteiger partial charge in [-0.1, -0.05) is 29.8 Å². The Morgan fingerprint density at radius 1 is 1.03 bits per heavy atom. The van der Waals surface area contributed by atoms with Gasteiger partial charge in [-0.15, -0.1) is 5.10 Å². The quantitative estimate of drug-likeness (QED) is 0.397. The van der Waals surface area contributed by atoms with Crippen LogP contribution in [0.2, 0.25) is 5.02 Å². The molecule has 0 aliphatic carbocycles. The van der Waals surface area contributed by atoms with Crippen molar-refractivity contribution >= 4 is 28.2 Å². The number of aryl methyl sites for hydroxylation is 3. The maximum Gasteiger partial charge on any atom is 0.253 e. The summed E-state index contributed by atoms with van der Waals surface area (Å²) in [5, 5.41) is 14.3. The lowest BCUT2D eigenvalue weighted by Crippen LogP contribution is -2.49. The van der Waals surface area contributed by atoms with Gasteiger partial charge in [-0.05, 0) is 66.1 Å². The van der Waals surface area contributed by atoms with Crippen LogP contribution >= 0.6 is 11.6 Å². The molecule has 1 aliphatic heterocycles. The molecule has 1 atom stereocenters. The summed E-state index contributed by atoms with van der Waals surface area (Å²) in [5.74, 6) is 0.639. The lowest BCUT2D eigenvalue weighted by atomic mass is 9.99. The molecule has 0 spiro atoms. The molecular weight excluding hydrogens is 490 g/mol. The van der Waals surface area contributed by atoms with E-state index in [9.17, 15) is 4.79 Å². The van der Waals surface area contributed by atoms with Crippen LogP contribution < -0.4 is 10.5 Å². The van der Waals surface area contributed by atoms with E-state index in [0.717, 1.165) is 58.9 Å². The van der Waals surface area contributed by atoms with E-state index < -0.39 is 6.04 Å². The van der Waals surface area contributed by atoms with Gasteiger partial charge >= 0.3 is 0 Å². The van der Waals surface area contributed by atoms with Gasteiger partial charge in [0.05, 0.1) is 18.7 Å². The van der Waals surface area contributed by atoms with Crippen molar-refractivity contribution in [3.8, 4) is 0 Å². The fraction of sp³-hybridized carbons (Fsp3) is 0.407. The van der Waals surface area contributed by atoms with Crippen LogP contribution in [0.3, 0.4) is 0 Å². The summed E-state index contributed by atoms with van der Waals surface area (Å²) in [6.07, 6.45) is 0. The molecule has 1 fully saturated rings. The monoisotopic (exact) mass is 521 g/mol. The molecule has 1 aliphatic rings. The van der Waals surface area contributed by atoms with Gasteiger partial charge in [0, 0.05) is 54.9 Å². The van der Waals surface area contributed by atoms with Gasteiger partial charge in [-0.3, -0.25) is 9.69 Å². The van der Waals surface area contributed by atoms with Crippen LogP contribution in [0.25, 0.3) is 10.9 Å². The highest BCUT2D eigenvalue weighted by molar-refractivity contribution is 6.30. The van der Waals surface area contributed by atoms with Gasteiger partial charge in [0.2, 0.25) is 0 Å². The van der Waals surface area contributed by atoms with Crippen molar-refractivity contribution in [2.75, 3.05) is 44.8 Å². The molecule has 10 heteroatoms. The van der Waals surface area contributed by atoms with Crippen LogP contribution in [0.1, 0.15) is 34.1 Å². The molecule has 194 valence electrons. The fourth-order valence-corrected chi connectivity index (χ4v) is 5.35. The highest BCUT2D eigenvalue weighted by atomic mass is 35.5. The topological polar surface area (TPSA) is 92.2 Å². The Hall–Kier alpha value is -3.27. The Labute approximate surface area is 221 Å². The number of pyridine rings is 1. The smallest absolute Gasteiger partial charge is 0.253 e. The Kier molecular flexibility index (Phi) is 7.28. The highest BCUT2D eigenvalue weighted by Gasteiger charge is 2.33. The van der Waals surface area contributed by atoms with Crippen LogP contribution in [0, 0.1) is 20.8 Å². The molecule has 1 N–H and O–H groups in total. The lowest BCUT2D eigenvalue weighted by Gasteiger charge is -2.40. The summed E-state index contributed by atoms with van der Waals surface area (Å²) in [6, 6.07) is 11.7.